The maximum absolute atomic E-state index is 12.5. The number of carbonyl (C=O) groups is 1. The van der Waals surface area contributed by atoms with Crippen molar-refractivity contribution >= 4 is 11.7 Å². The molecule has 1 saturated heterocycles. The van der Waals surface area contributed by atoms with Gasteiger partial charge in [-0.15, -0.1) is 0 Å². The van der Waals surface area contributed by atoms with E-state index in [1.165, 1.54) is 0 Å². The minimum atomic E-state index is 0.0890. The van der Waals surface area contributed by atoms with Gasteiger partial charge in [-0.05, 0) is 43.7 Å². The molecule has 1 saturated carbocycles. The lowest BCUT2D eigenvalue weighted by atomic mass is 9.99. The highest BCUT2D eigenvalue weighted by Crippen LogP contribution is 2.30. The van der Waals surface area contributed by atoms with Gasteiger partial charge < -0.3 is 14.9 Å². The fraction of sp³-hybridized carbons (Fsp3) is 0.647. The molecule has 0 bridgehead atoms. The van der Waals surface area contributed by atoms with E-state index in [0.717, 1.165) is 50.5 Å². The second-order valence-corrected chi connectivity index (χ2v) is 6.53. The lowest BCUT2D eigenvalue weighted by molar-refractivity contribution is 0.0697. The molecular formula is C17H25N3O2. The number of aromatic nitrogens is 1. The number of rotatable bonds is 5. The topological polar surface area (TPSA) is 56.7 Å². The quantitative estimate of drug-likeness (QED) is 0.903. The van der Waals surface area contributed by atoms with Gasteiger partial charge in [0, 0.05) is 31.9 Å². The van der Waals surface area contributed by atoms with Crippen LogP contribution in [0.15, 0.2) is 18.3 Å². The Labute approximate surface area is 131 Å². The largest absolute Gasteiger partial charge is 0.395 e. The van der Waals surface area contributed by atoms with Crippen molar-refractivity contribution < 1.29 is 9.90 Å². The van der Waals surface area contributed by atoms with E-state index in [1.54, 1.807) is 6.20 Å². The molecule has 5 heteroatoms. The molecule has 2 aliphatic rings. The average molecular weight is 303 g/mol. The zero-order chi connectivity index (χ0) is 15.5. The van der Waals surface area contributed by atoms with E-state index in [4.69, 9.17) is 0 Å². The van der Waals surface area contributed by atoms with Crippen LogP contribution in [0.5, 0.6) is 0 Å². The Hall–Kier alpha value is -1.62. The van der Waals surface area contributed by atoms with Crippen LogP contribution in [-0.2, 0) is 0 Å². The summed E-state index contributed by atoms with van der Waals surface area (Å²) in [4.78, 5) is 21.0. The number of amides is 1. The zero-order valence-corrected chi connectivity index (χ0v) is 13.2. The van der Waals surface area contributed by atoms with Crippen LogP contribution in [0.4, 0.5) is 5.82 Å². The molecule has 1 aliphatic carbocycles. The second kappa shape index (κ2) is 6.65. The Kier molecular flexibility index (Phi) is 4.62. The molecule has 1 amide bonds. The molecule has 2 heterocycles. The number of nitrogens with zero attached hydrogens (tertiary/aromatic N) is 3. The third kappa shape index (κ3) is 3.40. The van der Waals surface area contributed by atoms with Gasteiger partial charge in [-0.3, -0.25) is 4.79 Å². The SMILES string of the molecule is CC1CCN(C(=O)c2ccc(N(CCO)C3CC3)nc2)CC1. The molecule has 120 valence electrons. The summed E-state index contributed by atoms with van der Waals surface area (Å²) in [5.41, 5.74) is 0.665. The minimum absolute atomic E-state index is 0.0890. The first-order valence-corrected chi connectivity index (χ1v) is 8.32. The highest BCUT2D eigenvalue weighted by molar-refractivity contribution is 5.94. The number of hydrogen-bond acceptors (Lipinski definition) is 4. The van der Waals surface area contributed by atoms with Crippen molar-refractivity contribution in [2.75, 3.05) is 31.1 Å². The van der Waals surface area contributed by atoms with Gasteiger partial charge in [0.25, 0.3) is 5.91 Å². The maximum atomic E-state index is 12.5. The second-order valence-electron chi connectivity index (χ2n) is 6.53. The predicted molar refractivity (Wildman–Crippen MR) is 86.0 cm³/mol. The summed E-state index contributed by atoms with van der Waals surface area (Å²) in [5.74, 6) is 1.67. The van der Waals surface area contributed by atoms with Crippen molar-refractivity contribution in [3.8, 4) is 0 Å². The number of pyridine rings is 1. The number of carbonyl (C=O) groups excluding carboxylic acids is 1. The fourth-order valence-electron chi connectivity index (χ4n) is 3.05. The van der Waals surface area contributed by atoms with Crippen LogP contribution in [0.3, 0.4) is 0 Å². The van der Waals surface area contributed by atoms with Crippen molar-refractivity contribution in [3.05, 3.63) is 23.9 Å². The maximum Gasteiger partial charge on any atom is 0.255 e. The van der Waals surface area contributed by atoms with E-state index >= 15 is 0 Å². The molecule has 3 rings (SSSR count). The molecule has 0 unspecified atom stereocenters. The van der Waals surface area contributed by atoms with Crippen LogP contribution in [0.1, 0.15) is 43.0 Å². The third-order valence-corrected chi connectivity index (χ3v) is 4.69. The number of piperidine rings is 1. The van der Waals surface area contributed by atoms with Crippen molar-refractivity contribution in [2.45, 2.75) is 38.6 Å². The van der Waals surface area contributed by atoms with Crippen LogP contribution in [0.25, 0.3) is 0 Å². The van der Waals surface area contributed by atoms with Crippen LogP contribution >= 0.6 is 0 Å². The number of aliphatic hydroxyl groups excluding tert-OH is 1. The van der Waals surface area contributed by atoms with Crippen molar-refractivity contribution in [1.82, 2.24) is 9.88 Å². The highest BCUT2D eigenvalue weighted by atomic mass is 16.3. The molecule has 1 aromatic heterocycles. The highest BCUT2D eigenvalue weighted by Gasteiger charge is 2.29. The molecule has 0 spiro atoms. The van der Waals surface area contributed by atoms with E-state index in [9.17, 15) is 9.90 Å². The van der Waals surface area contributed by atoms with Crippen LogP contribution in [-0.4, -0.2) is 53.2 Å². The monoisotopic (exact) mass is 303 g/mol. The van der Waals surface area contributed by atoms with E-state index in [1.807, 2.05) is 17.0 Å². The van der Waals surface area contributed by atoms with Gasteiger partial charge >= 0.3 is 0 Å². The first-order valence-electron chi connectivity index (χ1n) is 8.32. The average Bonchev–Trinajstić information content (AvgIpc) is 3.38. The molecule has 1 N–H and O–H groups in total. The van der Waals surface area contributed by atoms with Gasteiger partial charge in [0.1, 0.15) is 5.82 Å². The summed E-state index contributed by atoms with van der Waals surface area (Å²) in [7, 11) is 0. The van der Waals surface area contributed by atoms with Crippen molar-refractivity contribution in [2.24, 2.45) is 5.92 Å². The summed E-state index contributed by atoms with van der Waals surface area (Å²) in [5, 5.41) is 9.18. The van der Waals surface area contributed by atoms with E-state index < -0.39 is 0 Å². The Bertz CT molecular complexity index is 505. The third-order valence-electron chi connectivity index (χ3n) is 4.69. The molecule has 0 atom stereocenters. The lowest BCUT2D eigenvalue weighted by Gasteiger charge is -2.30. The van der Waals surface area contributed by atoms with Gasteiger partial charge in [-0.1, -0.05) is 6.92 Å². The number of likely N-dealkylation sites (tertiary alicyclic amines) is 1. The van der Waals surface area contributed by atoms with Crippen LogP contribution in [0, 0.1) is 5.92 Å². The molecule has 0 radical (unpaired) electrons. The summed E-state index contributed by atoms with van der Waals surface area (Å²) >= 11 is 0. The van der Waals surface area contributed by atoms with Crippen molar-refractivity contribution in [3.63, 3.8) is 0 Å². The van der Waals surface area contributed by atoms with Crippen LogP contribution < -0.4 is 4.90 Å². The number of hydrogen-bond donors (Lipinski definition) is 1. The fourth-order valence-corrected chi connectivity index (χ4v) is 3.05. The molecular weight excluding hydrogens is 278 g/mol. The number of anilines is 1. The first-order chi connectivity index (χ1) is 10.7. The Balaban J connectivity index is 1.66. The Morgan fingerprint density at radius 1 is 1.32 bits per heavy atom. The van der Waals surface area contributed by atoms with E-state index in [-0.39, 0.29) is 12.5 Å². The number of aliphatic hydroxyl groups is 1. The van der Waals surface area contributed by atoms with Gasteiger partial charge in [-0.2, -0.15) is 0 Å². The molecule has 1 aliphatic heterocycles. The first kappa shape index (κ1) is 15.3. The molecule has 22 heavy (non-hydrogen) atoms. The molecule has 0 aromatic carbocycles. The van der Waals surface area contributed by atoms with Crippen molar-refractivity contribution in [1.29, 1.82) is 0 Å². The van der Waals surface area contributed by atoms with Gasteiger partial charge in [0.2, 0.25) is 0 Å². The smallest absolute Gasteiger partial charge is 0.255 e. The summed E-state index contributed by atoms with van der Waals surface area (Å²) in [6, 6.07) is 4.29. The Morgan fingerprint density at radius 3 is 2.59 bits per heavy atom. The standard InChI is InChI=1S/C17H25N3O2/c1-13-6-8-19(9-7-13)17(22)14-2-5-16(18-12-14)20(10-11-21)15-3-4-15/h2,5,12-13,15,21H,3-4,6-11H2,1H3. The Morgan fingerprint density at radius 2 is 2.05 bits per heavy atom. The van der Waals surface area contributed by atoms with Gasteiger partial charge in [0.05, 0.1) is 12.2 Å². The van der Waals surface area contributed by atoms with E-state index in [2.05, 4.69) is 16.8 Å². The van der Waals surface area contributed by atoms with Crippen LogP contribution in [0.2, 0.25) is 0 Å². The predicted octanol–water partition coefficient (Wildman–Crippen LogP) is 1.91. The van der Waals surface area contributed by atoms with Gasteiger partial charge in [0.15, 0.2) is 0 Å². The summed E-state index contributed by atoms with van der Waals surface area (Å²) < 4.78 is 0. The molecule has 5 nitrogen and oxygen atoms in total. The normalized spacial score (nSPS) is 19.3. The zero-order valence-electron chi connectivity index (χ0n) is 13.2. The molecule has 1 aromatic rings. The van der Waals surface area contributed by atoms with E-state index in [0.29, 0.717) is 18.2 Å². The molecule has 2 fully saturated rings. The summed E-state index contributed by atoms with van der Waals surface area (Å²) in [6.07, 6.45) is 6.18. The van der Waals surface area contributed by atoms with Gasteiger partial charge in [-0.25, -0.2) is 4.98 Å². The minimum Gasteiger partial charge on any atom is -0.395 e. The lowest BCUT2D eigenvalue weighted by Crippen LogP contribution is -2.38. The summed E-state index contributed by atoms with van der Waals surface area (Å²) in [6.45, 7) is 4.67.